The topological polar surface area (TPSA) is 200 Å². The number of phenols is 3. The largest absolute Gasteiger partial charge is 0.508 e. The third-order valence-corrected chi connectivity index (χ3v) is 5.47. The van der Waals surface area contributed by atoms with E-state index >= 15 is 0 Å². The molecule has 182 valence electrons. The highest BCUT2D eigenvalue weighted by molar-refractivity contribution is 5.91. The van der Waals surface area contributed by atoms with E-state index in [0.717, 1.165) is 6.07 Å². The molecule has 2 unspecified atom stereocenters. The summed E-state index contributed by atoms with van der Waals surface area (Å²) in [6.45, 7) is -0.723. The second-order valence-electron chi connectivity index (χ2n) is 7.60. The third kappa shape index (κ3) is 3.87. The van der Waals surface area contributed by atoms with Gasteiger partial charge >= 0.3 is 0 Å². The first-order chi connectivity index (χ1) is 16.2. The molecule has 2 heterocycles. The minimum atomic E-state index is -1.83. The van der Waals surface area contributed by atoms with Crippen molar-refractivity contribution in [2.45, 2.75) is 30.7 Å². The number of hydrogen-bond acceptors (Lipinski definition) is 12. The van der Waals surface area contributed by atoms with Crippen molar-refractivity contribution in [1.82, 2.24) is 0 Å². The van der Waals surface area contributed by atoms with Gasteiger partial charge in [-0.1, -0.05) is 0 Å². The maximum absolute atomic E-state index is 13.4. The molecule has 0 spiro atoms. The number of aliphatic hydroxyl groups excluding tert-OH is 4. The van der Waals surface area contributed by atoms with Crippen LogP contribution in [0.4, 0.5) is 0 Å². The van der Waals surface area contributed by atoms with Crippen molar-refractivity contribution in [3.05, 3.63) is 40.6 Å². The van der Waals surface area contributed by atoms with Gasteiger partial charge < -0.3 is 54.4 Å². The Morgan fingerprint density at radius 2 is 1.65 bits per heavy atom. The lowest BCUT2D eigenvalue weighted by Crippen LogP contribution is -2.60. The van der Waals surface area contributed by atoms with Crippen molar-refractivity contribution in [3.8, 4) is 40.1 Å². The van der Waals surface area contributed by atoms with Gasteiger partial charge in [0.2, 0.25) is 23.2 Å². The Balaban J connectivity index is 1.93. The smallest absolute Gasteiger partial charge is 0.239 e. The minimum Gasteiger partial charge on any atom is -0.508 e. The molecular formula is C22H22O12. The molecule has 1 aromatic heterocycles. The zero-order chi connectivity index (χ0) is 24.7. The van der Waals surface area contributed by atoms with E-state index in [0.29, 0.717) is 0 Å². The number of aromatic hydroxyl groups is 3. The molecule has 34 heavy (non-hydrogen) atoms. The standard InChI is InChI=1S/C22H22O12/c1-31-20-10(25)6-11-13(15(20)27)16(28)21(19(32-11)8-2-4-9(24)5-3-8)34-22-18(30)17(29)14(26)12(7-23)33-22/h2-6,12,14,17-18,22-27,29-30H,7H2,1H3/t12-,14+,17?,18?,22-/m1/s1. The molecule has 1 aliphatic heterocycles. The summed E-state index contributed by atoms with van der Waals surface area (Å²) in [5, 5.41) is 69.6. The van der Waals surface area contributed by atoms with Gasteiger partial charge in [0.25, 0.3) is 0 Å². The Labute approximate surface area is 191 Å². The van der Waals surface area contributed by atoms with Gasteiger partial charge in [-0.15, -0.1) is 0 Å². The van der Waals surface area contributed by atoms with Crippen molar-refractivity contribution in [3.63, 3.8) is 0 Å². The van der Waals surface area contributed by atoms with Crippen LogP contribution in [0, 0.1) is 0 Å². The van der Waals surface area contributed by atoms with E-state index in [-0.39, 0.29) is 22.7 Å². The van der Waals surface area contributed by atoms with Gasteiger partial charge in [-0.3, -0.25) is 4.79 Å². The molecule has 0 radical (unpaired) electrons. The Bertz CT molecular complexity index is 1250. The molecule has 4 rings (SSSR count). The van der Waals surface area contributed by atoms with Crippen molar-refractivity contribution in [2.24, 2.45) is 0 Å². The van der Waals surface area contributed by atoms with E-state index in [2.05, 4.69) is 0 Å². The maximum Gasteiger partial charge on any atom is 0.239 e. The quantitative estimate of drug-likeness (QED) is 0.254. The van der Waals surface area contributed by atoms with Crippen molar-refractivity contribution >= 4 is 11.0 Å². The number of rotatable bonds is 5. The number of ether oxygens (including phenoxy) is 3. The summed E-state index contributed by atoms with van der Waals surface area (Å²) in [6.07, 6.45) is -8.29. The van der Waals surface area contributed by atoms with Crippen LogP contribution in [0.2, 0.25) is 0 Å². The van der Waals surface area contributed by atoms with Crippen LogP contribution in [0.15, 0.2) is 39.5 Å². The lowest BCUT2D eigenvalue weighted by molar-refractivity contribution is -0.277. The van der Waals surface area contributed by atoms with Gasteiger partial charge in [0.15, 0.2) is 17.3 Å². The average Bonchev–Trinajstić information content (AvgIpc) is 2.81. The summed E-state index contributed by atoms with van der Waals surface area (Å²) >= 11 is 0. The molecule has 0 amide bonds. The van der Waals surface area contributed by atoms with E-state index in [1.807, 2.05) is 0 Å². The summed E-state index contributed by atoms with van der Waals surface area (Å²) in [6, 6.07) is 6.45. The summed E-state index contributed by atoms with van der Waals surface area (Å²) in [7, 11) is 1.17. The summed E-state index contributed by atoms with van der Waals surface area (Å²) in [4.78, 5) is 13.4. The Morgan fingerprint density at radius 1 is 0.971 bits per heavy atom. The van der Waals surface area contributed by atoms with Crippen molar-refractivity contribution in [1.29, 1.82) is 0 Å². The summed E-state index contributed by atoms with van der Waals surface area (Å²) < 4.78 is 21.6. The normalized spacial score (nSPS) is 24.8. The molecule has 1 fully saturated rings. The van der Waals surface area contributed by atoms with E-state index in [1.165, 1.54) is 31.4 Å². The Morgan fingerprint density at radius 3 is 2.26 bits per heavy atom. The minimum absolute atomic E-state index is 0.0803. The van der Waals surface area contributed by atoms with Gasteiger partial charge in [-0.25, -0.2) is 0 Å². The summed E-state index contributed by atoms with van der Waals surface area (Å²) in [5.41, 5.74) is -0.951. The molecule has 3 aromatic rings. The molecule has 1 saturated heterocycles. The highest BCUT2D eigenvalue weighted by atomic mass is 16.7. The third-order valence-electron chi connectivity index (χ3n) is 5.47. The van der Waals surface area contributed by atoms with Crippen LogP contribution in [-0.4, -0.2) is 80.2 Å². The first kappa shape index (κ1) is 23.6. The fraction of sp³-hybridized carbons (Fsp3) is 0.318. The number of methoxy groups -OCH3 is 1. The fourth-order valence-electron chi connectivity index (χ4n) is 3.68. The molecule has 7 N–H and O–H groups in total. The van der Waals surface area contributed by atoms with E-state index in [1.54, 1.807) is 0 Å². The molecule has 5 atom stereocenters. The van der Waals surface area contributed by atoms with Gasteiger partial charge in [0, 0.05) is 11.6 Å². The first-order valence-corrected chi connectivity index (χ1v) is 10.0. The fourth-order valence-corrected chi connectivity index (χ4v) is 3.68. The van der Waals surface area contributed by atoms with E-state index in [4.69, 9.17) is 18.6 Å². The molecule has 12 heteroatoms. The molecule has 12 nitrogen and oxygen atoms in total. The first-order valence-electron chi connectivity index (χ1n) is 10.0. The van der Waals surface area contributed by atoms with Crippen LogP contribution in [0.3, 0.4) is 0 Å². The Kier molecular flexibility index (Phi) is 6.25. The van der Waals surface area contributed by atoms with Crippen LogP contribution in [0.5, 0.6) is 28.7 Å². The number of aliphatic hydroxyl groups is 4. The van der Waals surface area contributed by atoms with Crippen LogP contribution in [0.1, 0.15) is 0 Å². The van der Waals surface area contributed by atoms with E-state index in [9.17, 15) is 40.5 Å². The molecule has 0 saturated carbocycles. The average molecular weight is 478 g/mol. The van der Waals surface area contributed by atoms with Crippen LogP contribution in [-0.2, 0) is 4.74 Å². The number of benzene rings is 2. The predicted molar refractivity (Wildman–Crippen MR) is 114 cm³/mol. The zero-order valence-electron chi connectivity index (χ0n) is 17.7. The second kappa shape index (κ2) is 9.00. The van der Waals surface area contributed by atoms with Crippen molar-refractivity contribution in [2.75, 3.05) is 13.7 Å². The number of hydrogen-bond donors (Lipinski definition) is 7. The zero-order valence-corrected chi connectivity index (χ0v) is 17.7. The van der Waals surface area contributed by atoms with Crippen molar-refractivity contribution < 1.29 is 54.4 Å². The van der Waals surface area contributed by atoms with Gasteiger partial charge in [-0.2, -0.15) is 0 Å². The van der Waals surface area contributed by atoms with Gasteiger partial charge in [0.05, 0.1) is 13.7 Å². The SMILES string of the molecule is COc1c(O)cc2oc(-c3ccc(O)cc3)c(O[C@H]3O[C@H](CO)[C@H](O)C(O)C3O)c(=O)c2c1O. The van der Waals surface area contributed by atoms with Crippen LogP contribution < -0.4 is 14.9 Å². The highest BCUT2D eigenvalue weighted by Crippen LogP contribution is 2.43. The monoisotopic (exact) mass is 478 g/mol. The highest BCUT2D eigenvalue weighted by Gasteiger charge is 2.45. The molecular weight excluding hydrogens is 456 g/mol. The molecule has 2 aromatic carbocycles. The maximum atomic E-state index is 13.4. The lowest BCUT2D eigenvalue weighted by atomic mass is 9.99. The van der Waals surface area contributed by atoms with E-state index < -0.39 is 71.1 Å². The number of fused-ring (bicyclic) bond motifs is 1. The van der Waals surface area contributed by atoms with Gasteiger partial charge in [-0.05, 0) is 24.3 Å². The Hall–Kier alpha value is -3.55. The molecule has 1 aliphatic rings. The summed E-state index contributed by atoms with van der Waals surface area (Å²) in [5.74, 6) is -2.50. The lowest BCUT2D eigenvalue weighted by Gasteiger charge is -2.39. The predicted octanol–water partition coefficient (Wildman–Crippen LogP) is -0.236. The molecule has 0 aliphatic carbocycles. The number of phenolic OH excluding ortho intramolecular Hbond substituents is 3. The van der Waals surface area contributed by atoms with Gasteiger partial charge in [0.1, 0.15) is 41.1 Å². The van der Waals surface area contributed by atoms with Crippen LogP contribution >= 0.6 is 0 Å². The second-order valence-corrected chi connectivity index (χ2v) is 7.60. The van der Waals surface area contributed by atoms with Crippen LogP contribution in [0.25, 0.3) is 22.3 Å². The molecule has 0 bridgehead atoms.